The number of carbonyl (C=O) groups excluding carboxylic acids is 2. The molecule has 98 valence electrons. The van der Waals surface area contributed by atoms with Gasteiger partial charge in [-0.25, -0.2) is 4.39 Å². The molecule has 1 aliphatic heterocycles. The van der Waals surface area contributed by atoms with E-state index in [0.29, 0.717) is 16.8 Å². The van der Waals surface area contributed by atoms with Gasteiger partial charge in [-0.2, -0.15) is 0 Å². The summed E-state index contributed by atoms with van der Waals surface area (Å²) >= 11 is 0. The molecule has 19 heavy (non-hydrogen) atoms. The summed E-state index contributed by atoms with van der Waals surface area (Å²) in [5.74, 6) is -1.86. The van der Waals surface area contributed by atoms with Gasteiger partial charge in [0, 0.05) is 17.7 Å². The number of nitrogen functional groups attached to an aromatic ring is 1. The van der Waals surface area contributed by atoms with Crippen molar-refractivity contribution in [2.24, 2.45) is 5.92 Å². The van der Waals surface area contributed by atoms with Crippen LogP contribution >= 0.6 is 0 Å². The number of amides is 2. The van der Waals surface area contributed by atoms with Crippen LogP contribution in [0.2, 0.25) is 0 Å². The molecule has 2 amide bonds. The molecule has 1 aromatic rings. The number of hydrogen-bond acceptors (Lipinski definition) is 3. The van der Waals surface area contributed by atoms with Crippen LogP contribution in [0.4, 0.5) is 10.1 Å². The molecule has 1 saturated heterocycles. The van der Waals surface area contributed by atoms with Gasteiger partial charge in [-0.05, 0) is 23.8 Å². The minimum Gasteiger partial charge on any atom is -0.398 e. The minimum absolute atomic E-state index is 0.0362. The molecule has 4 nitrogen and oxygen atoms in total. The highest BCUT2D eigenvalue weighted by Crippen LogP contribution is 2.33. The molecule has 1 fully saturated rings. The van der Waals surface area contributed by atoms with E-state index in [1.54, 1.807) is 6.08 Å². The Morgan fingerprint density at radius 1 is 1.47 bits per heavy atom. The molecule has 0 radical (unpaired) electrons. The van der Waals surface area contributed by atoms with E-state index < -0.39 is 17.6 Å². The summed E-state index contributed by atoms with van der Waals surface area (Å²) in [4.78, 5) is 23.0. The SMILES string of the molecule is C=C/C=C(\c1cc(F)ccc1N)C1CC(=O)NC1=O. The molecule has 0 aromatic heterocycles. The Bertz CT molecular complexity index is 593. The average molecular weight is 260 g/mol. The van der Waals surface area contributed by atoms with Gasteiger partial charge < -0.3 is 5.73 Å². The molecular formula is C14H13FN2O2. The van der Waals surface area contributed by atoms with E-state index in [1.807, 2.05) is 0 Å². The summed E-state index contributed by atoms with van der Waals surface area (Å²) < 4.78 is 13.3. The lowest BCUT2D eigenvalue weighted by Crippen LogP contribution is -2.22. The molecule has 1 unspecified atom stereocenters. The third-order valence-corrected chi connectivity index (χ3v) is 2.97. The van der Waals surface area contributed by atoms with Crippen LogP contribution in [0, 0.1) is 11.7 Å². The third kappa shape index (κ3) is 2.54. The highest BCUT2D eigenvalue weighted by molar-refractivity contribution is 6.09. The van der Waals surface area contributed by atoms with E-state index in [-0.39, 0.29) is 12.3 Å². The average Bonchev–Trinajstić information content (AvgIpc) is 2.69. The van der Waals surface area contributed by atoms with Crippen molar-refractivity contribution in [3.63, 3.8) is 0 Å². The van der Waals surface area contributed by atoms with Gasteiger partial charge in [-0.1, -0.05) is 18.7 Å². The van der Waals surface area contributed by atoms with E-state index in [4.69, 9.17) is 5.73 Å². The Morgan fingerprint density at radius 2 is 2.21 bits per heavy atom. The predicted molar refractivity (Wildman–Crippen MR) is 70.2 cm³/mol. The van der Waals surface area contributed by atoms with Gasteiger partial charge in [0.25, 0.3) is 0 Å². The number of benzene rings is 1. The number of anilines is 1. The summed E-state index contributed by atoms with van der Waals surface area (Å²) in [6.07, 6.45) is 3.10. The van der Waals surface area contributed by atoms with Crippen LogP contribution in [0.25, 0.3) is 5.57 Å². The van der Waals surface area contributed by atoms with Gasteiger partial charge in [0.05, 0.1) is 5.92 Å². The van der Waals surface area contributed by atoms with Crippen LogP contribution < -0.4 is 11.1 Å². The maximum Gasteiger partial charge on any atom is 0.234 e. The molecule has 2 rings (SSSR count). The second-order valence-corrected chi connectivity index (χ2v) is 4.26. The number of halogens is 1. The lowest BCUT2D eigenvalue weighted by Gasteiger charge is -2.14. The van der Waals surface area contributed by atoms with Gasteiger partial charge in [-0.15, -0.1) is 0 Å². The number of imide groups is 1. The Balaban J connectivity index is 2.49. The molecular weight excluding hydrogens is 247 g/mol. The normalized spacial score (nSPS) is 19.4. The second-order valence-electron chi connectivity index (χ2n) is 4.26. The van der Waals surface area contributed by atoms with Gasteiger partial charge in [0.2, 0.25) is 11.8 Å². The summed E-state index contributed by atoms with van der Waals surface area (Å²) in [6, 6.07) is 3.92. The van der Waals surface area contributed by atoms with Crippen molar-refractivity contribution < 1.29 is 14.0 Å². The molecule has 5 heteroatoms. The van der Waals surface area contributed by atoms with Gasteiger partial charge in [0.1, 0.15) is 5.82 Å². The van der Waals surface area contributed by atoms with Gasteiger partial charge in [-0.3, -0.25) is 14.9 Å². The van der Waals surface area contributed by atoms with Crippen molar-refractivity contribution in [2.75, 3.05) is 5.73 Å². The molecule has 1 aliphatic rings. The Hall–Kier alpha value is -2.43. The zero-order valence-electron chi connectivity index (χ0n) is 10.2. The fourth-order valence-corrected chi connectivity index (χ4v) is 2.10. The first-order valence-electron chi connectivity index (χ1n) is 5.74. The van der Waals surface area contributed by atoms with E-state index in [0.717, 1.165) is 0 Å². The Morgan fingerprint density at radius 3 is 2.79 bits per heavy atom. The third-order valence-electron chi connectivity index (χ3n) is 2.97. The number of nitrogens with one attached hydrogen (secondary N) is 1. The number of hydrogen-bond donors (Lipinski definition) is 2. The molecule has 1 atom stereocenters. The smallest absolute Gasteiger partial charge is 0.234 e. The monoisotopic (exact) mass is 260 g/mol. The first-order valence-corrected chi connectivity index (χ1v) is 5.74. The zero-order chi connectivity index (χ0) is 14.0. The maximum atomic E-state index is 13.3. The molecule has 0 spiro atoms. The van der Waals surface area contributed by atoms with Crippen molar-refractivity contribution in [3.8, 4) is 0 Å². The number of nitrogens with two attached hydrogens (primary N) is 1. The van der Waals surface area contributed by atoms with E-state index in [9.17, 15) is 14.0 Å². The first kappa shape index (κ1) is 13.0. The second kappa shape index (κ2) is 5.06. The summed E-state index contributed by atoms with van der Waals surface area (Å²) in [7, 11) is 0. The largest absolute Gasteiger partial charge is 0.398 e. The number of allylic oxidation sites excluding steroid dienone is 2. The molecule has 1 aromatic carbocycles. The number of rotatable bonds is 3. The fourth-order valence-electron chi connectivity index (χ4n) is 2.10. The van der Waals surface area contributed by atoms with Crippen LogP contribution in [0.5, 0.6) is 0 Å². The van der Waals surface area contributed by atoms with Crippen molar-refractivity contribution in [1.82, 2.24) is 5.32 Å². The number of carbonyl (C=O) groups is 2. The van der Waals surface area contributed by atoms with Crippen molar-refractivity contribution in [3.05, 3.63) is 48.3 Å². The van der Waals surface area contributed by atoms with E-state index in [2.05, 4.69) is 11.9 Å². The summed E-state index contributed by atoms with van der Waals surface area (Å²) in [5, 5.41) is 2.22. The Kier molecular flexibility index (Phi) is 3.46. The van der Waals surface area contributed by atoms with Crippen LogP contribution in [0.1, 0.15) is 12.0 Å². The first-order chi connectivity index (χ1) is 9.02. The fraction of sp³-hybridized carbons (Fsp3) is 0.143. The summed E-state index contributed by atoms with van der Waals surface area (Å²) in [5.41, 5.74) is 7.07. The van der Waals surface area contributed by atoms with E-state index >= 15 is 0 Å². The topological polar surface area (TPSA) is 72.2 Å². The Labute approximate surface area is 109 Å². The van der Waals surface area contributed by atoms with Crippen molar-refractivity contribution >= 4 is 23.1 Å². The minimum atomic E-state index is -0.658. The molecule has 0 bridgehead atoms. The molecule has 0 aliphatic carbocycles. The lowest BCUT2D eigenvalue weighted by molar-refractivity contribution is -0.125. The summed E-state index contributed by atoms with van der Waals surface area (Å²) in [6.45, 7) is 3.57. The van der Waals surface area contributed by atoms with Crippen LogP contribution in [0.15, 0.2) is 36.9 Å². The molecule has 1 heterocycles. The van der Waals surface area contributed by atoms with Gasteiger partial charge in [0.15, 0.2) is 0 Å². The highest BCUT2D eigenvalue weighted by atomic mass is 19.1. The van der Waals surface area contributed by atoms with Crippen molar-refractivity contribution in [2.45, 2.75) is 6.42 Å². The predicted octanol–water partition coefficient (Wildman–Crippen LogP) is 1.64. The van der Waals surface area contributed by atoms with E-state index in [1.165, 1.54) is 24.3 Å². The lowest BCUT2D eigenvalue weighted by atomic mass is 9.89. The quantitative estimate of drug-likeness (QED) is 0.493. The van der Waals surface area contributed by atoms with Crippen molar-refractivity contribution in [1.29, 1.82) is 0 Å². The van der Waals surface area contributed by atoms with Crippen LogP contribution in [0.3, 0.4) is 0 Å². The molecule has 0 saturated carbocycles. The van der Waals surface area contributed by atoms with Crippen LogP contribution in [-0.2, 0) is 9.59 Å². The maximum absolute atomic E-state index is 13.3. The standard InChI is InChI=1S/C14H13FN2O2/c1-2-3-9(11-7-13(18)17-14(11)19)10-6-8(15)4-5-12(10)16/h2-6,11H,1,7,16H2,(H,17,18,19)/b9-3+. The van der Waals surface area contributed by atoms with Gasteiger partial charge >= 0.3 is 0 Å². The zero-order valence-corrected chi connectivity index (χ0v) is 10.2. The highest BCUT2D eigenvalue weighted by Gasteiger charge is 2.34. The molecule has 3 N–H and O–H groups in total. The van der Waals surface area contributed by atoms with Crippen LogP contribution in [-0.4, -0.2) is 11.8 Å².